The Hall–Kier alpha value is -1.81. The smallest absolute Gasteiger partial charge is 0.216 e. The molecule has 1 aromatic carbocycles. The fraction of sp³-hybridized carbons (Fsp3) is 0.550. The van der Waals surface area contributed by atoms with Gasteiger partial charge in [-0.05, 0) is 48.9 Å². The van der Waals surface area contributed by atoms with Gasteiger partial charge in [-0.1, -0.05) is 19.1 Å². The summed E-state index contributed by atoms with van der Waals surface area (Å²) in [4.78, 5) is 17.5. The molecule has 128 valence electrons. The van der Waals surface area contributed by atoms with Crippen LogP contribution in [-0.2, 0) is 11.2 Å². The SMILES string of the molecule is CCCN1C[C@H](CNC(C)=O)C[C@@H]2c3cccc4[nH]cc(c34)C[C@H]21. The number of hydrogen-bond donors (Lipinski definition) is 2. The lowest BCUT2D eigenvalue weighted by Gasteiger charge is -2.47. The predicted molar refractivity (Wildman–Crippen MR) is 97.2 cm³/mol. The van der Waals surface area contributed by atoms with E-state index in [0.29, 0.717) is 17.9 Å². The fourth-order valence-electron chi connectivity index (χ4n) is 4.88. The van der Waals surface area contributed by atoms with Gasteiger partial charge < -0.3 is 10.3 Å². The van der Waals surface area contributed by atoms with Crippen LogP contribution in [-0.4, -0.2) is 41.5 Å². The van der Waals surface area contributed by atoms with E-state index in [4.69, 9.17) is 0 Å². The minimum atomic E-state index is 0.0813. The normalized spacial score (nSPS) is 26.3. The number of amides is 1. The second-order valence-electron chi connectivity index (χ2n) is 7.50. The number of hydrogen-bond acceptors (Lipinski definition) is 2. The molecule has 0 unspecified atom stereocenters. The number of carbonyl (C=O) groups is 1. The highest BCUT2D eigenvalue weighted by atomic mass is 16.1. The third-order valence-corrected chi connectivity index (χ3v) is 5.81. The first kappa shape index (κ1) is 15.7. The largest absolute Gasteiger partial charge is 0.361 e. The highest BCUT2D eigenvalue weighted by Gasteiger charge is 2.40. The zero-order valence-electron chi connectivity index (χ0n) is 14.6. The van der Waals surface area contributed by atoms with Crippen molar-refractivity contribution in [2.75, 3.05) is 19.6 Å². The molecular formula is C20H27N3O. The summed E-state index contributed by atoms with van der Waals surface area (Å²) in [6.45, 7) is 6.92. The predicted octanol–water partition coefficient (Wildman–Crippen LogP) is 3.04. The van der Waals surface area contributed by atoms with Crippen molar-refractivity contribution in [2.45, 2.75) is 45.1 Å². The van der Waals surface area contributed by atoms with Gasteiger partial charge in [-0.25, -0.2) is 0 Å². The van der Waals surface area contributed by atoms with Crippen LogP contribution < -0.4 is 5.32 Å². The molecule has 2 aromatic rings. The van der Waals surface area contributed by atoms with Crippen molar-refractivity contribution in [3.8, 4) is 0 Å². The molecule has 24 heavy (non-hydrogen) atoms. The first-order valence-corrected chi connectivity index (χ1v) is 9.24. The van der Waals surface area contributed by atoms with E-state index in [9.17, 15) is 4.79 Å². The van der Waals surface area contributed by atoms with E-state index in [-0.39, 0.29) is 5.91 Å². The maximum absolute atomic E-state index is 11.3. The van der Waals surface area contributed by atoms with Gasteiger partial charge in [0.15, 0.2) is 0 Å². The number of nitrogens with zero attached hydrogens (tertiary/aromatic N) is 1. The molecule has 0 spiro atoms. The van der Waals surface area contributed by atoms with Crippen LogP contribution in [0.5, 0.6) is 0 Å². The van der Waals surface area contributed by atoms with Gasteiger partial charge in [0.25, 0.3) is 0 Å². The van der Waals surface area contributed by atoms with E-state index in [2.05, 4.69) is 46.5 Å². The van der Waals surface area contributed by atoms with Crippen molar-refractivity contribution in [2.24, 2.45) is 5.92 Å². The highest BCUT2D eigenvalue weighted by molar-refractivity contribution is 5.88. The number of piperidine rings is 1. The summed E-state index contributed by atoms with van der Waals surface area (Å²) in [5.74, 6) is 1.20. The zero-order valence-corrected chi connectivity index (χ0v) is 14.6. The van der Waals surface area contributed by atoms with Crippen LogP contribution in [0.1, 0.15) is 43.7 Å². The summed E-state index contributed by atoms with van der Waals surface area (Å²) >= 11 is 0. The lowest BCUT2D eigenvalue weighted by atomic mass is 9.72. The van der Waals surface area contributed by atoms with Gasteiger partial charge in [0.2, 0.25) is 5.91 Å². The Balaban J connectivity index is 1.68. The highest BCUT2D eigenvalue weighted by Crippen LogP contribution is 2.44. The lowest BCUT2D eigenvalue weighted by Crippen LogP contribution is -2.52. The van der Waals surface area contributed by atoms with Crippen LogP contribution in [0, 0.1) is 5.92 Å². The molecule has 1 saturated heterocycles. The number of rotatable bonds is 4. The van der Waals surface area contributed by atoms with Crippen molar-refractivity contribution >= 4 is 16.8 Å². The van der Waals surface area contributed by atoms with Crippen LogP contribution >= 0.6 is 0 Å². The third kappa shape index (κ3) is 2.63. The maximum Gasteiger partial charge on any atom is 0.216 e. The molecule has 4 heteroatoms. The average Bonchev–Trinajstić information content (AvgIpc) is 2.99. The van der Waals surface area contributed by atoms with Gasteiger partial charge in [0.05, 0.1) is 0 Å². The molecule has 1 aromatic heterocycles. The maximum atomic E-state index is 11.3. The molecule has 4 nitrogen and oxygen atoms in total. The summed E-state index contributed by atoms with van der Waals surface area (Å²) < 4.78 is 0. The van der Waals surface area contributed by atoms with Crippen molar-refractivity contribution < 1.29 is 4.79 Å². The zero-order chi connectivity index (χ0) is 16.7. The van der Waals surface area contributed by atoms with E-state index >= 15 is 0 Å². The van der Waals surface area contributed by atoms with Crippen LogP contribution in [0.4, 0.5) is 0 Å². The Morgan fingerprint density at radius 1 is 1.42 bits per heavy atom. The molecular weight excluding hydrogens is 298 g/mol. The van der Waals surface area contributed by atoms with Crippen LogP contribution in [0.2, 0.25) is 0 Å². The summed E-state index contributed by atoms with van der Waals surface area (Å²) in [5.41, 5.74) is 4.25. The fourth-order valence-corrected chi connectivity index (χ4v) is 4.88. The Kier molecular flexibility index (Phi) is 4.09. The summed E-state index contributed by atoms with van der Waals surface area (Å²) in [6.07, 6.45) is 5.71. The Morgan fingerprint density at radius 3 is 3.08 bits per heavy atom. The monoisotopic (exact) mass is 325 g/mol. The average molecular weight is 325 g/mol. The number of aromatic nitrogens is 1. The molecule has 1 aliphatic carbocycles. The standard InChI is InChI=1S/C20H27N3O/c1-3-7-23-12-14(10-21-13(2)24)8-17-16-5-4-6-18-20(16)15(11-22-18)9-19(17)23/h4-6,11,14,17,19,22H,3,7-10,12H2,1-2H3,(H,21,24)/t14-,17+,19+/m0/s1. The van der Waals surface area contributed by atoms with E-state index < -0.39 is 0 Å². The number of likely N-dealkylation sites (tertiary alicyclic amines) is 1. The molecule has 0 bridgehead atoms. The second kappa shape index (κ2) is 6.25. The molecule has 2 aliphatic rings. The Labute approximate surface area is 143 Å². The molecule has 2 N–H and O–H groups in total. The van der Waals surface area contributed by atoms with Gasteiger partial charge in [-0.2, -0.15) is 0 Å². The lowest BCUT2D eigenvalue weighted by molar-refractivity contribution is -0.119. The van der Waals surface area contributed by atoms with Crippen molar-refractivity contribution in [1.29, 1.82) is 0 Å². The van der Waals surface area contributed by atoms with Gasteiger partial charge in [-0.3, -0.25) is 9.69 Å². The number of fused-ring (bicyclic) bond motifs is 2. The van der Waals surface area contributed by atoms with Gasteiger partial charge >= 0.3 is 0 Å². The number of nitrogens with one attached hydrogen (secondary N) is 2. The van der Waals surface area contributed by atoms with Crippen molar-refractivity contribution in [3.05, 3.63) is 35.5 Å². The topological polar surface area (TPSA) is 48.1 Å². The molecule has 3 atom stereocenters. The molecule has 1 aliphatic heterocycles. The van der Waals surface area contributed by atoms with Crippen molar-refractivity contribution in [3.63, 3.8) is 0 Å². The molecule has 1 amide bonds. The number of benzene rings is 1. The van der Waals surface area contributed by atoms with Crippen LogP contribution in [0.25, 0.3) is 10.9 Å². The number of H-pyrrole nitrogens is 1. The van der Waals surface area contributed by atoms with Gasteiger partial charge in [-0.15, -0.1) is 0 Å². The van der Waals surface area contributed by atoms with E-state index in [0.717, 1.165) is 26.1 Å². The van der Waals surface area contributed by atoms with E-state index in [1.54, 1.807) is 6.92 Å². The Morgan fingerprint density at radius 2 is 2.29 bits per heavy atom. The Bertz CT molecular complexity index is 750. The van der Waals surface area contributed by atoms with Crippen LogP contribution in [0.15, 0.2) is 24.4 Å². The van der Waals surface area contributed by atoms with Crippen LogP contribution in [0.3, 0.4) is 0 Å². The summed E-state index contributed by atoms with van der Waals surface area (Å²) in [6, 6.07) is 7.29. The number of carbonyl (C=O) groups excluding carboxylic acids is 1. The summed E-state index contributed by atoms with van der Waals surface area (Å²) in [5, 5.41) is 4.49. The van der Waals surface area contributed by atoms with E-state index in [1.165, 1.54) is 34.9 Å². The first-order valence-electron chi connectivity index (χ1n) is 9.24. The summed E-state index contributed by atoms with van der Waals surface area (Å²) in [7, 11) is 0. The second-order valence-corrected chi connectivity index (χ2v) is 7.50. The number of aromatic amines is 1. The molecule has 1 fully saturated rings. The minimum absolute atomic E-state index is 0.0813. The first-order chi connectivity index (χ1) is 11.7. The molecule has 2 heterocycles. The minimum Gasteiger partial charge on any atom is -0.361 e. The molecule has 4 rings (SSSR count). The molecule has 0 radical (unpaired) electrons. The van der Waals surface area contributed by atoms with E-state index in [1.807, 2.05) is 0 Å². The van der Waals surface area contributed by atoms with Gasteiger partial charge in [0.1, 0.15) is 0 Å². The van der Waals surface area contributed by atoms with Gasteiger partial charge in [0, 0.05) is 49.1 Å². The third-order valence-electron chi connectivity index (χ3n) is 5.81. The molecule has 0 saturated carbocycles. The quantitative estimate of drug-likeness (QED) is 0.908. The van der Waals surface area contributed by atoms with Crippen molar-refractivity contribution in [1.82, 2.24) is 15.2 Å².